The predicted molar refractivity (Wildman–Crippen MR) is 52.5 cm³/mol. The number of aliphatic hydroxyl groups excluding tert-OH is 1. The van der Waals surface area contributed by atoms with Crippen LogP contribution in [0.5, 0.6) is 0 Å². The largest absolute Gasteiger partial charge is 0.393 e. The van der Waals surface area contributed by atoms with E-state index in [-0.39, 0.29) is 0 Å². The zero-order chi connectivity index (χ0) is 10.3. The summed E-state index contributed by atoms with van der Waals surface area (Å²) in [7, 11) is 0. The van der Waals surface area contributed by atoms with Gasteiger partial charge in [-0.15, -0.1) is 0 Å². The van der Waals surface area contributed by atoms with Crippen molar-refractivity contribution in [3.63, 3.8) is 0 Å². The summed E-state index contributed by atoms with van der Waals surface area (Å²) in [5.74, 6) is -0.396. The Labute approximate surface area is 86.5 Å². The second-order valence-corrected chi connectivity index (χ2v) is 4.28. The summed E-state index contributed by atoms with van der Waals surface area (Å²) in [4.78, 5) is 0. The van der Waals surface area contributed by atoms with E-state index >= 15 is 0 Å². The van der Waals surface area contributed by atoms with E-state index in [1.807, 2.05) is 0 Å². The van der Waals surface area contributed by atoms with Crippen molar-refractivity contribution < 1.29 is 9.50 Å². The van der Waals surface area contributed by atoms with Gasteiger partial charge in [-0.1, -0.05) is 17.7 Å². The van der Waals surface area contributed by atoms with E-state index in [0.29, 0.717) is 23.4 Å². The fourth-order valence-electron chi connectivity index (χ4n) is 1.89. The molecule has 1 aliphatic rings. The summed E-state index contributed by atoms with van der Waals surface area (Å²) < 4.78 is 13.4. The van der Waals surface area contributed by atoms with Crippen molar-refractivity contribution in [2.75, 3.05) is 0 Å². The van der Waals surface area contributed by atoms with E-state index in [0.717, 1.165) is 0 Å². The van der Waals surface area contributed by atoms with Crippen molar-refractivity contribution in [3.05, 3.63) is 34.6 Å². The fourth-order valence-corrected chi connectivity index (χ4v) is 2.05. The Morgan fingerprint density at radius 2 is 2.14 bits per heavy atom. The highest BCUT2D eigenvalue weighted by Crippen LogP contribution is 2.40. The topological polar surface area (TPSA) is 46.2 Å². The second kappa shape index (κ2) is 3.19. The van der Waals surface area contributed by atoms with Gasteiger partial charge in [-0.25, -0.2) is 4.39 Å². The predicted octanol–water partition coefficient (Wildman–Crippen LogP) is 1.79. The summed E-state index contributed by atoms with van der Waals surface area (Å²) in [5, 5.41) is 9.52. The standard InChI is InChI=1S/C10H11ClFNO/c11-6-1-2-8(9(12)3-6)10(13)4-7(14)5-10/h1-3,7,14H,4-5,13H2. The van der Waals surface area contributed by atoms with Crippen LogP contribution in [0, 0.1) is 5.82 Å². The lowest BCUT2D eigenvalue weighted by molar-refractivity contribution is 0.0193. The molecular formula is C10H11ClFNO. The van der Waals surface area contributed by atoms with Crippen LogP contribution in [0.15, 0.2) is 18.2 Å². The Hall–Kier alpha value is -0.640. The van der Waals surface area contributed by atoms with E-state index in [2.05, 4.69) is 0 Å². The number of rotatable bonds is 1. The number of benzene rings is 1. The smallest absolute Gasteiger partial charge is 0.129 e. The molecule has 14 heavy (non-hydrogen) atoms. The third-order valence-corrected chi connectivity index (χ3v) is 2.90. The van der Waals surface area contributed by atoms with Gasteiger partial charge < -0.3 is 10.8 Å². The van der Waals surface area contributed by atoms with Gasteiger partial charge in [0, 0.05) is 16.1 Å². The van der Waals surface area contributed by atoms with Crippen LogP contribution in [0.1, 0.15) is 18.4 Å². The van der Waals surface area contributed by atoms with Gasteiger partial charge in [0.25, 0.3) is 0 Å². The Morgan fingerprint density at radius 1 is 1.50 bits per heavy atom. The highest BCUT2D eigenvalue weighted by atomic mass is 35.5. The molecule has 76 valence electrons. The molecule has 1 fully saturated rings. The normalized spacial score (nSPS) is 31.3. The van der Waals surface area contributed by atoms with Crippen molar-refractivity contribution in [1.82, 2.24) is 0 Å². The maximum absolute atomic E-state index is 13.4. The Morgan fingerprint density at radius 3 is 2.64 bits per heavy atom. The molecule has 1 aliphatic carbocycles. The number of aliphatic hydroxyl groups is 1. The summed E-state index contributed by atoms with van der Waals surface area (Å²) in [5.41, 5.74) is 5.65. The Balaban J connectivity index is 2.33. The van der Waals surface area contributed by atoms with Gasteiger partial charge in [-0.05, 0) is 25.0 Å². The third kappa shape index (κ3) is 1.52. The van der Waals surface area contributed by atoms with E-state index in [9.17, 15) is 4.39 Å². The summed E-state index contributed by atoms with van der Waals surface area (Å²) in [6.45, 7) is 0. The first-order valence-corrected chi connectivity index (χ1v) is 4.81. The molecule has 1 saturated carbocycles. The minimum absolute atomic E-state index is 0.356. The molecule has 0 spiro atoms. The zero-order valence-corrected chi connectivity index (χ0v) is 8.26. The first-order valence-electron chi connectivity index (χ1n) is 4.44. The summed E-state index contributed by atoms with van der Waals surface area (Å²) >= 11 is 5.63. The van der Waals surface area contributed by atoms with Crippen LogP contribution in [0.2, 0.25) is 5.02 Å². The average molecular weight is 216 g/mol. The van der Waals surface area contributed by atoms with Crippen molar-refractivity contribution in [2.45, 2.75) is 24.5 Å². The molecule has 1 aromatic rings. The fraction of sp³-hybridized carbons (Fsp3) is 0.400. The van der Waals surface area contributed by atoms with Crippen LogP contribution >= 0.6 is 11.6 Å². The van der Waals surface area contributed by atoms with Gasteiger partial charge in [0.15, 0.2) is 0 Å². The van der Waals surface area contributed by atoms with E-state index < -0.39 is 17.5 Å². The molecule has 0 unspecified atom stereocenters. The van der Waals surface area contributed by atoms with Crippen LogP contribution in [-0.2, 0) is 5.54 Å². The summed E-state index contributed by atoms with van der Waals surface area (Å²) in [6.07, 6.45) is 0.409. The van der Waals surface area contributed by atoms with Crippen LogP contribution < -0.4 is 5.73 Å². The quantitative estimate of drug-likeness (QED) is 0.750. The molecule has 0 bridgehead atoms. The minimum Gasteiger partial charge on any atom is -0.393 e. The first-order chi connectivity index (χ1) is 6.51. The minimum atomic E-state index is -0.714. The van der Waals surface area contributed by atoms with E-state index in [4.69, 9.17) is 22.4 Å². The Bertz CT molecular complexity index is 363. The van der Waals surface area contributed by atoms with Crippen molar-refractivity contribution in [1.29, 1.82) is 0 Å². The van der Waals surface area contributed by atoms with Crippen molar-refractivity contribution >= 4 is 11.6 Å². The third-order valence-electron chi connectivity index (χ3n) is 2.67. The van der Waals surface area contributed by atoms with Gasteiger partial charge in [-0.2, -0.15) is 0 Å². The first kappa shape index (κ1) is 9.90. The lowest BCUT2D eigenvalue weighted by Crippen LogP contribution is -2.52. The van der Waals surface area contributed by atoms with Gasteiger partial charge in [0.05, 0.1) is 6.10 Å². The highest BCUT2D eigenvalue weighted by molar-refractivity contribution is 6.30. The molecule has 0 heterocycles. The average Bonchev–Trinajstić information content (AvgIpc) is 2.00. The molecule has 4 heteroatoms. The van der Waals surface area contributed by atoms with Gasteiger partial charge in [0.2, 0.25) is 0 Å². The van der Waals surface area contributed by atoms with E-state index in [1.165, 1.54) is 6.07 Å². The Kier molecular flexibility index (Phi) is 2.26. The number of hydrogen-bond acceptors (Lipinski definition) is 2. The SMILES string of the molecule is NC1(c2ccc(Cl)cc2F)CC(O)C1. The molecule has 2 rings (SSSR count). The monoisotopic (exact) mass is 215 g/mol. The van der Waals surface area contributed by atoms with Crippen LogP contribution in [0.4, 0.5) is 4.39 Å². The van der Waals surface area contributed by atoms with Crippen LogP contribution in [0.25, 0.3) is 0 Å². The lowest BCUT2D eigenvalue weighted by Gasteiger charge is -2.42. The second-order valence-electron chi connectivity index (χ2n) is 3.84. The number of nitrogens with two attached hydrogens (primary N) is 1. The maximum atomic E-state index is 13.4. The van der Waals surface area contributed by atoms with Crippen LogP contribution in [0.3, 0.4) is 0 Å². The molecule has 0 atom stereocenters. The van der Waals surface area contributed by atoms with Gasteiger partial charge >= 0.3 is 0 Å². The van der Waals surface area contributed by atoms with Gasteiger partial charge in [0.1, 0.15) is 5.82 Å². The molecule has 3 N–H and O–H groups in total. The van der Waals surface area contributed by atoms with E-state index in [1.54, 1.807) is 12.1 Å². The maximum Gasteiger partial charge on any atom is 0.129 e. The molecule has 0 aromatic heterocycles. The summed E-state index contributed by atoms with van der Waals surface area (Å²) in [6, 6.07) is 4.44. The molecule has 0 aliphatic heterocycles. The molecule has 0 saturated heterocycles. The highest BCUT2D eigenvalue weighted by Gasteiger charge is 2.42. The van der Waals surface area contributed by atoms with Gasteiger partial charge in [-0.3, -0.25) is 0 Å². The molecular weight excluding hydrogens is 205 g/mol. The number of halogens is 2. The molecule has 0 radical (unpaired) electrons. The lowest BCUT2D eigenvalue weighted by atomic mass is 9.70. The molecule has 1 aromatic carbocycles. The number of hydrogen-bond donors (Lipinski definition) is 2. The van der Waals surface area contributed by atoms with Crippen LogP contribution in [-0.4, -0.2) is 11.2 Å². The van der Waals surface area contributed by atoms with Crippen molar-refractivity contribution in [2.24, 2.45) is 5.73 Å². The van der Waals surface area contributed by atoms with Crippen molar-refractivity contribution in [3.8, 4) is 0 Å². The molecule has 0 amide bonds. The zero-order valence-electron chi connectivity index (χ0n) is 7.50. The molecule has 2 nitrogen and oxygen atoms in total.